The molecule has 0 radical (unpaired) electrons. The smallest absolute Gasteiger partial charge is 0.321 e. The monoisotopic (exact) mass is 253 g/mol. The second-order valence-corrected chi connectivity index (χ2v) is 4.82. The van der Waals surface area contributed by atoms with Gasteiger partial charge in [0.05, 0.1) is 6.54 Å². The Bertz CT molecular complexity index is 418. The van der Waals surface area contributed by atoms with E-state index in [4.69, 9.17) is 4.42 Å². The summed E-state index contributed by atoms with van der Waals surface area (Å²) in [5.41, 5.74) is 0. The quantitative estimate of drug-likeness (QED) is 0.871. The van der Waals surface area contributed by atoms with E-state index in [1.54, 1.807) is 0 Å². The van der Waals surface area contributed by atoms with E-state index >= 15 is 0 Å². The fraction of sp³-hybridized carbons (Fsp3) is 0.750. The van der Waals surface area contributed by atoms with Crippen LogP contribution >= 0.6 is 0 Å². The normalized spacial score (nSPS) is 25.2. The molecule has 2 unspecified atom stereocenters. The van der Waals surface area contributed by atoms with Crippen molar-refractivity contribution < 1.29 is 14.3 Å². The summed E-state index contributed by atoms with van der Waals surface area (Å²) in [4.78, 5) is 13.2. The average Bonchev–Trinajstić information content (AvgIpc) is 2.76. The van der Waals surface area contributed by atoms with Crippen LogP contribution in [0.15, 0.2) is 4.42 Å². The van der Waals surface area contributed by atoms with Gasteiger partial charge in [0.25, 0.3) is 0 Å². The van der Waals surface area contributed by atoms with Crippen molar-refractivity contribution in [1.82, 2.24) is 15.1 Å². The van der Waals surface area contributed by atoms with Gasteiger partial charge in [-0.1, -0.05) is 13.8 Å². The Kier molecular flexibility index (Phi) is 3.96. The summed E-state index contributed by atoms with van der Waals surface area (Å²) in [6.07, 6.45) is 2.67. The molecule has 0 bridgehead atoms. The molecule has 6 nitrogen and oxygen atoms in total. The van der Waals surface area contributed by atoms with Gasteiger partial charge in [0.2, 0.25) is 11.8 Å². The molecule has 1 aliphatic rings. The molecule has 0 spiro atoms. The number of aliphatic carboxylic acids is 1. The summed E-state index contributed by atoms with van der Waals surface area (Å²) in [5, 5.41) is 17.1. The summed E-state index contributed by atoms with van der Waals surface area (Å²) in [5.74, 6) is 0.497. The largest absolute Gasteiger partial charge is 0.480 e. The van der Waals surface area contributed by atoms with Gasteiger partial charge >= 0.3 is 5.97 Å². The molecule has 1 aromatic heterocycles. The number of carbonyl (C=O) groups is 1. The molecule has 0 amide bonds. The zero-order valence-corrected chi connectivity index (χ0v) is 10.8. The van der Waals surface area contributed by atoms with Crippen molar-refractivity contribution in [1.29, 1.82) is 0 Å². The zero-order valence-electron chi connectivity index (χ0n) is 10.8. The van der Waals surface area contributed by atoms with Gasteiger partial charge in [-0.2, -0.15) is 0 Å². The minimum absolute atomic E-state index is 0.157. The standard InChI is InChI=1S/C12H19N3O3/c1-3-9-13-14-10(18-9)7-15-6-4-5-8(2)11(15)12(16)17/h8,11H,3-7H2,1-2H3,(H,16,17). The first-order valence-corrected chi connectivity index (χ1v) is 6.40. The van der Waals surface area contributed by atoms with Gasteiger partial charge in [-0.25, -0.2) is 0 Å². The molecule has 2 rings (SSSR count). The Balaban J connectivity index is 2.08. The molecule has 1 aromatic rings. The number of nitrogens with zero attached hydrogens (tertiary/aromatic N) is 3. The Morgan fingerprint density at radius 2 is 2.22 bits per heavy atom. The van der Waals surface area contributed by atoms with Gasteiger partial charge in [-0.15, -0.1) is 10.2 Å². The molecule has 0 aromatic carbocycles. The van der Waals surface area contributed by atoms with Gasteiger partial charge in [0.15, 0.2) is 0 Å². The van der Waals surface area contributed by atoms with E-state index < -0.39 is 12.0 Å². The van der Waals surface area contributed by atoms with E-state index in [1.807, 2.05) is 18.7 Å². The van der Waals surface area contributed by atoms with Crippen LogP contribution in [0.25, 0.3) is 0 Å². The molecule has 6 heteroatoms. The average molecular weight is 253 g/mol. The predicted molar refractivity (Wildman–Crippen MR) is 63.9 cm³/mol. The van der Waals surface area contributed by atoms with E-state index in [1.165, 1.54) is 0 Å². The summed E-state index contributed by atoms with van der Waals surface area (Å²) in [6.45, 7) is 5.12. The highest BCUT2D eigenvalue weighted by molar-refractivity contribution is 5.74. The topological polar surface area (TPSA) is 79.5 Å². The SMILES string of the molecule is CCc1nnc(CN2CCCC(C)C2C(=O)O)o1. The first kappa shape index (κ1) is 13.0. The van der Waals surface area contributed by atoms with E-state index in [0.717, 1.165) is 19.4 Å². The van der Waals surface area contributed by atoms with Crippen LogP contribution in [0.5, 0.6) is 0 Å². The van der Waals surface area contributed by atoms with E-state index in [-0.39, 0.29) is 5.92 Å². The second kappa shape index (κ2) is 5.48. The molecular weight excluding hydrogens is 234 g/mol. The fourth-order valence-corrected chi connectivity index (χ4v) is 2.52. The van der Waals surface area contributed by atoms with Crippen molar-refractivity contribution in [2.24, 2.45) is 5.92 Å². The third kappa shape index (κ3) is 2.69. The highest BCUT2D eigenvalue weighted by atomic mass is 16.4. The molecule has 2 heterocycles. The number of aromatic nitrogens is 2. The lowest BCUT2D eigenvalue weighted by Gasteiger charge is -2.36. The lowest BCUT2D eigenvalue weighted by molar-refractivity contribution is -0.147. The van der Waals surface area contributed by atoms with Crippen molar-refractivity contribution in [3.8, 4) is 0 Å². The second-order valence-electron chi connectivity index (χ2n) is 4.82. The minimum atomic E-state index is -0.766. The molecule has 1 saturated heterocycles. The van der Waals surface area contributed by atoms with Crippen LogP contribution in [-0.2, 0) is 17.8 Å². The van der Waals surface area contributed by atoms with Crippen LogP contribution in [0.2, 0.25) is 0 Å². The highest BCUT2D eigenvalue weighted by Gasteiger charge is 2.34. The van der Waals surface area contributed by atoms with Crippen LogP contribution in [0.3, 0.4) is 0 Å². The summed E-state index contributed by atoms with van der Waals surface area (Å²) < 4.78 is 5.44. The molecule has 0 aliphatic carbocycles. The number of hydrogen-bond donors (Lipinski definition) is 1. The van der Waals surface area contributed by atoms with Crippen LogP contribution in [0.4, 0.5) is 0 Å². The Labute approximate surface area is 106 Å². The Morgan fingerprint density at radius 1 is 1.50 bits per heavy atom. The predicted octanol–water partition coefficient (Wildman–Crippen LogP) is 1.32. The third-order valence-corrected chi connectivity index (χ3v) is 3.44. The molecule has 1 fully saturated rings. The maximum atomic E-state index is 11.3. The number of likely N-dealkylation sites (tertiary alicyclic amines) is 1. The summed E-state index contributed by atoms with van der Waals surface area (Å²) in [7, 11) is 0. The molecule has 1 aliphatic heterocycles. The van der Waals surface area contributed by atoms with Crippen LogP contribution in [-0.4, -0.2) is 38.8 Å². The zero-order chi connectivity index (χ0) is 13.1. The van der Waals surface area contributed by atoms with Gasteiger partial charge < -0.3 is 9.52 Å². The summed E-state index contributed by atoms with van der Waals surface area (Å²) in [6, 6.07) is -0.448. The number of carboxylic acids is 1. The van der Waals surface area contributed by atoms with Gasteiger partial charge in [0, 0.05) is 6.42 Å². The minimum Gasteiger partial charge on any atom is -0.480 e. The number of carboxylic acid groups (broad SMARTS) is 1. The molecule has 100 valence electrons. The first-order chi connectivity index (χ1) is 8.61. The third-order valence-electron chi connectivity index (χ3n) is 3.44. The van der Waals surface area contributed by atoms with Crippen LogP contribution < -0.4 is 0 Å². The number of aryl methyl sites for hydroxylation is 1. The Morgan fingerprint density at radius 3 is 2.83 bits per heavy atom. The van der Waals surface area contributed by atoms with E-state index in [0.29, 0.717) is 24.7 Å². The maximum Gasteiger partial charge on any atom is 0.321 e. The Hall–Kier alpha value is -1.43. The fourth-order valence-electron chi connectivity index (χ4n) is 2.52. The van der Waals surface area contributed by atoms with Crippen molar-refractivity contribution in [2.75, 3.05) is 6.54 Å². The number of rotatable bonds is 4. The van der Waals surface area contributed by atoms with Gasteiger partial charge in [-0.3, -0.25) is 9.69 Å². The van der Waals surface area contributed by atoms with Gasteiger partial charge in [0.1, 0.15) is 6.04 Å². The molecular formula is C12H19N3O3. The van der Waals surface area contributed by atoms with Gasteiger partial charge in [-0.05, 0) is 25.3 Å². The highest BCUT2D eigenvalue weighted by Crippen LogP contribution is 2.24. The lowest BCUT2D eigenvalue weighted by Crippen LogP contribution is -2.48. The lowest BCUT2D eigenvalue weighted by atomic mass is 9.91. The van der Waals surface area contributed by atoms with Crippen molar-refractivity contribution in [3.63, 3.8) is 0 Å². The van der Waals surface area contributed by atoms with Crippen LogP contribution in [0.1, 0.15) is 38.5 Å². The van der Waals surface area contributed by atoms with Crippen molar-refractivity contribution >= 4 is 5.97 Å². The first-order valence-electron chi connectivity index (χ1n) is 6.40. The van der Waals surface area contributed by atoms with E-state index in [9.17, 15) is 9.90 Å². The van der Waals surface area contributed by atoms with E-state index in [2.05, 4.69) is 10.2 Å². The van der Waals surface area contributed by atoms with Crippen molar-refractivity contribution in [3.05, 3.63) is 11.8 Å². The molecule has 2 atom stereocenters. The van der Waals surface area contributed by atoms with Crippen LogP contribution in [0, 0.1) is 5.92 Å². The van der Waals surface area contributed by atoms with Crippen molar-refractivity contribution in [2.45, 2.75) is 45.7 Å². The number of piperidine rings is 1. The molecule has 18 heavy (non-hydrogen) atoms. The molecule has 1 N–H and O–H groups in total. The maximum absolute atomic E-state index is 11.3. The summed E-state index contributed by atoms with van der Waals surface area (Å²) >= 11 is 0. The molecule has 0 saturated carbocycles. The number of hydrogen-bond acceptors (Lipinski definition) is 5.